The Hall–Kier alpha value is -2.66. The highest BCUT2D eigenvalue weighted by Crippen LogP contribution is 2.22. The molecule has 25 heavy (non-hydrogen) atoms. The Morgan fingerprint density at radius 1 is 1.28 bits per heavy atom. The quantitative estimate of drug-likeness (QED) is 0.881. The molecule has 0 atom stereocenters. The number of H-pyrrole nitrogens is 1. The van der Waals surface area contributed by atoms with Gasteiger partial charge in [-0.1, -0.05) is 36.4 Å². The van der Waals surface area contributed by atoms with Crippen LogP contribution in [0.25, 0.3) is 5.57 Å². The maximum Gasteiger partial charge on any atom is 0.271 e. The maximum atomic E-state index is 11.8. The van der Waals surface area contributed by atoms with E-state index in [1.807, 2.05) is 6.07 Å². The van der Waals surface area contributed by atoms with Crippen LogP contribution >= 0.6 is 0 Å². The van der Waals surface area contributed by atoms with Crippen LogP contribution in [0.3, 0.4) is 0 Å². The number of hydrogen-bond donors (Lipinski definition) is 2. The fourth-order valence-electron chi connectivity index (χ4n) is 3.06. The van der Waals surface area contributed by atoms with Gasteiger partial charge < -0.3 is 10.3 Å². The molecule has 1 aromatic carbocycles. The van der Waals surface area contributed by atoms with Crippen LogP contribution in [0.4, 0.5) is 5.69 Å². The Labute approximate surface area is 147 Å². The molecule has 5 nitrogen and oxygen atoms in total. The van der Waals surface area contributed by atoms with Crippen molar-refractivity contribution in [3.63, 3.8) is 0 Å². The van der Waals surface area contributed by atoms with Crippen LogP contribution in [-0.2, 0) is 11.2 Å². The molecule has 0 saturated heterocycles. The Morgan fingerprint density at radius 2 is 2.08 bits per heavy atom. The van der Waals surface area contributed by atoms with Gasteiger partial charge in [-0.15, -0.1) is 0 Å². The molecule has 0 spiro atoms. The number of aromatic amines is 1. The summed E-state index contributed by atoms with van der Waals surface area (Å²) in [4.78, 5) is 28.1. The van der Waals surface area contributed by atoms with Crippen molar-refractivity contribution in [3.05, 3.63) is 70.2 Å². The molecule has 1 amide bonds. The third-order valence-corrected chi connectivity index (χ3v) is 4.44. The summed E-state index contributed by atoms with van der Waals surface area (Å²) >= 11 is 0. The van der Waals surface area contributed by atoms with Crippen LogP contribution in [0.1, 0.15) is 24.5 Å². The van der Waals surface area contributed by atoms with Gasteiger partial charge in [-0.2, -0.15) is 0 Å². The molecule has 130 valence electrons. The zero-order valence-electron chi connectivity index (χ0n) is 14.4. The molecule has 0 unspecified atom stereocenters. The molecule has 2 N–H and O–H groups in total. The van der Waals surface area contributed by atoms with Crippen LogP contribution in [0, 0.1) is 0 Å². The SMILES string of the molecule is CC(=O)Nc1cc(C2=CCN(CCc3ccccc3)CC2)c[nH]c1=O. The van der Waals surface area contributed by atoms with Crippen molar-refractivity contribution in [1.29, 1.82) is 0 Å². The maximum absolute atomic E-state index is 11.8. The highest BCUT2D eigenvalue weighted by Gasteiger charge is 2.14. The molecular weight excluding hydrogens is 314 g/mol. The van der Waals surface area contributed by atoms with E-state index in [4.69, 9.17) is 0 Å². The summed E-state index contributed by atoms with van der Waals surface area (Å²) < 4.78 is 0. The molecule has 0 bridgehead atoms. The van der Waals surface area contributed by atoms with Crippen molar-refractivity contribution >= 4 is 17.2 Å². The smallest absolute Gasteiger partial charge is 0.271 e. The third kappa shape index (κ3) is 4.67. The standard InChI is InChI=1S/C20H23N3O2/c1-15(24)22-19-13-18(14-21-20(19)25)17-8-11-23(12-9-17)10-7-16-5-3-2-4-6-16/h2-6,8,13-14H,7,9-12H2,1H3,(H,21,25)(H,22,24). The van der Waals surface area contributed by atoms with Gasteiger partial charge in [-0.3, -0.25) is 14.5 Å². The number of nitrogens with one attached hydrogen (secondary N) is 2. The second-order valence-corrected chi connectivity index (χ2v) is 6.33. The van der Waals surface area contributed by atoms with Crippen molar-refractivity contribution in [3.8, 4) is 0 Å². The first kappa shape index (κ1) is 17.2. The van der Waals surface area contributed by atoms with Gasteiger partial charge in [0.15, 0.2) is 0 Å². The fraction of sp³-hybridized carbons (Fsp3) is 0.300. The lowest BCUT2D eigenvalue weighted by Crippen LogP contribution is -2.30. The Bertz CT molecular complexity index is 824. The number of anilines is 1. The predicted molar refractivity (Wildman–Crippen MR) is 101 cm³/mol. The van der Waals surface area contributed by atoms with Crippen LogP contribution in [0.15, 0.2) is 53.5 Å². The van der Waals surface area contributed by atoms with Gasteiger partial charge in [0.2, 0.25) is 5.91 Å². The molecule has 2 aromatic rings. The molecule has 2 heterocycles. The average molecular weight is 337 g/mol. The van der Waals surface area contributed by atoms with Crippen LogP contribution in [-0.4, -0.2) is 35.4 Å². The van der Waals surface area contributed by atoms with Crippen LogP contribution in [0.2, 0.25) is 0 Å². The van der Waals surface area contributed by atoms with Gasteiger partial charge in [0.05, 0.1) is 0 Å². The highest BCUT2D eigenvalue weighted by molar-refractivity contribution is 5.89. The molecule has 0 radical (unpaired) electrons. The van der Waals surface area contributed by atoms with E-state index in [1.165, 1.54) is 18.1 Å². The second-order valence-electron chi connectivity index (χ2n) is 6.33. The summed E-state index contributed by atoms with van der Waals surface area (Å²) in [5, 5.41) is 2.58. The van der Waals surface area contributed by atoms with Gasteiger partial charge in [0, 0.05) is 32.8 Å². The normalized spacial score (nSPS) is 14.8. The molecular formula is C20H23N3O2. The summed E-state index contributed by atoms with van der Waals surface area (Å²) in [6.07, 6.45) is 5.91. The van der Waals surface area contributed by atoms with E-state index in [9.17, 15) is 9.59 Å². The molecule has 5 heteroatoms. The van der Waals surface area contributed by atoms with E-state index in [-0.39, 0.29) is 11.5 Å². The van der Waals surface area contributed by atoms with Gasteiger partial charge in [-0.25, -0.2) is 0 Å². The fourth-order valence-corrected chi connectivity index (χ4v) is 3.06. The minimum Gasteiger partial charge on any atom is -0.327 e. The van der Waals surface area contributed by atoms with Crippen molar-refractivity contribution < 1.29 is 4.79 Å². The van der Waals surface area contributed by atoms with E-state index in [0.717, 1.165) is 38.0 Å². The Balaban J connectivity index is 1.63. The lowest BCUT2D eigenvalue weighted by atomic mass is 10.0. The Morgan fingerprint density at radius 3 is 2.76 bits per heavy atom. The molecule has 1 aromatic heterocycles. The molecule has 0 saturated carbocycles. The summed E-state index contributed by atoms with van der Waals surface area (Å²) in [5.41, 5.74) is 3.56. The minimum absolute atomic E-state index is 0.243. The summed E-state index contributed by atoms with van der Waals surface area (Å²) in [6.45, 7) is 4.33. The summed E-state index contributed by atoms with van der Waals surface area (Å²) in [5.74, 6) is -0.243. The predicted octanol–water partition coefficient (Wildman–Crippen LogP) is 2.67. The van der Waals surface area contributed by atoms with Crippen molar-refractivity contribution in [2.45, 2.75) is 19.8 Å². The topological polar surface area (TPSA) is 65.2 Å². The summed E-state index contributed by atoms with van der Waals surface area (Å²) in [7, 11) is 0. The number of amides is 1. The number of carbonyl (C=O) groups is 1. The zero-order valence-corrected chi connectivity index (χ0v) is 14.4. The largest absolute Gasteiger partial charge is 0.327 e. The number of hydrogen-bond acceptors (Lipinski definition) is 3. The van der Waals surface area contributed by atoms with Crippen LogP contribution in [0.5, 0.6) is 0 Å². The van der Waals surface area contributed by atoms with Crippen molar-refractivity contribution in [2.24, 2.45) is 0 Å². The van der Waals surface area contributed by atoms with E-state index in [1.54, 1.807) is 12.3 Å². The number of benzene rings is 1. The first-order valence-electron chi connectivity index (χ1n) is 8.58. The molecule has 0 fully saturated rings. The van der Waals surface area contributed by atoms with E-state index in [2.05, 4.69) is 45.5 Å². The number of pyridine rings is 1. The molecule has 1 aliphatic heterocycles. The first-order valence-corrected chi connectivity index (χ1v) is 8.58. The number of aromatic nitrogens is 1. The van der Waals surface area contributed by atoms with E-state index in [0.29, 0.717) is 5.69 Å². The monoisotopic (exact) mass is 337 g/mol. The number of rotatable bonds is 5. The van der Waals surface area contributed by atoms with Gasteiger partial charge >= 0.3 is 0 Å². The van der Waals surface area contributed by atoms with Crippen LogP contribution < -0.4 is 10.9 Å². The lowest BCUT2D eigenvalue weighted by Gasteiger charge is -2.26. The van der Waals surface area contributed by atoms with Crippen molar-refractivity contribution in [1.82, 2.24) is 9.88 Å². The second kappa shape index (κ2) is 7.94. The average Bonchev–Trinajstić information content (AvgIpc) is 2.63. The molecule has 1 aliphatic rings. The van der Waals surface area contributed by atoms with Crippen molar-refractivity contribution in [2.75, 3.05) is 25.0 Å². The third-order valence-electron chi connectivity index (χ3n) is 4.44. The van der Waals surface area contributed by atoms with Gasteiger partial charge in [-0.05, 0) is 35.6 Å². The van der Waals surface area contributed by atoms with Gasteiger partial charge in [0.1, 0.15) is 5.69 Å². The van der Waals surface area contributed by atoms with E-state index >= 15 is 0 Å². The Kier molecular flexibility index (Phi) is 5.46. The lowest BCUT2D eigenvalue weighted by molar-refractivity contribution is -0.114. The molecule has 3 rings (SSSR count). The first-order chi connectivity index (χ1) is 12.1. The van der Waals surface area contributed by atoms with E-state index < -0.39 is 0 Å². The molecule has 0 aliphatic carbocycles. The number of nitrogens with zero attached hydrogens (tertiary/aromatic N) is 1. The van der Waals surface area contributed by atoms with Gasteiger partial charge in [0.25, 0.3) is 5.56 Å². The highest BCUT2D eigenvalue weighted by atomic mass is 16.2. The zero-order chi connectivity index (χ0) is 17.6. The summed E-state index contributed by atoms with van der Waals surface area (Å²) in [6, 6.07) is 12.3. The number of carbonyl (C=O) groups excluding carboxylic acids is 1. The minimum atomic E-state index is -0.278.